The topological polar surface area (TPSA) is 79.8 Å². The standard InChI is InChI=1S/C20H22N4O2/c1-5-15-18(22-16-9-8-12(2)11-13(16)3)24(20(26)23-19(15)25)17-7-6-10-21-14(17)4/h6-11,22H,5H2,1-4H3,(H,23,25,26). The second kappa shape index (κ2) is 7.00. The normalized spacial score (nSPS) is 10.8. The number of aromatic amines is 1. The largest absolute Gasteiger partial charge is 0.341 e. The molecular formula is C20H22N4O2. The molecule has 6 nitrogen and oxygen atoms in total. The van der Waals surface area contributed by atoms with Gasteiger partial charge in [0.25, 0.3) is 5.56 Å². The summed E-state index contributed by atoms with van der Waals surface area (Å²) in [5.41, 5.74) is 4.03. The minimum absolute atomic E-state index is 0.373. The number of benzene rings is 1. The number of aromatic nitrogens is 3. The van der Waals surface area contributed by atoms with Crippen LogP contribution in [-0.4, -0.2) is 14.5 Å². The smallest absolute Gasteiger partial charge is 0.334 e. The summed E-state index contributed by atoms with van der Waals surface area (Å²) >= 11 is 0. The first-order chi connectivity index (χ1) is 12.4. The third-order valence-electron chi connectivity index (χ3n) is 4.42. The zero-order valence-corrected chi connectivity index (χ0v) is 15.4. The Morgan fingerprint density at radius 1 is 1.15 bits per heavy atom. The van der Waals surface area contributed by atoms with E-state index in [1.54, 1.807) is 12.3 Å². The molecule has 0 amide bonds. The third kappa shape index (κ3) is 3.18. The van der Waals surface area contributed by atoms with E-state index in [-0.39, 0.29) is 5.56 Å². The molecule has 6 heteroatoms. The van der Waals surface area contributed by atoms with Gasteiger partial charge >= 0.3 is 5.69 Å². The second-order valence-corrected chi connectivity index (χ2v) is 6.33. The van der Waals surface area contributed by atoms with Crippen LogP contribution in [0.5, 0.6) is 0 Å². The van der Waals surface area contributed by atoms with Crippen molar-refractivity contribution in [1.82, 2.24) is 14.5 Å². The Labute approximate surface area is 151 Å². The van der Waals surface area contributed by atoms with Gasteiger partial charge in [0.1, 0.15) is 5.82 Å². The molecule has 0 aliphatic rings. The monoisotopic (exact) mass is 350 g/mol. The predicted octanol–water partition coefficient (Wildman–Crippen LogP) is 3.15. The quantitative estimate of drug-likeness (QED) is 0.757. The van der Waals surface area contributed by atoms with E-state index >= 15 is 0 Å². The van der Waals surface area contributed by atoms with Crippen molar-refractivity contribution in [3.8, 4) is 5.69 Å². The van der Waals surface area contributed by atoms with E-state index in [0.29, 0.717) is 29.2 Å². The van der Waals surface area contributed by atoms with Gasteiger partial charge in [0, 0.05) is 11.9 Å². The highest BCUT2D eigenvalue weighted by Crippen LogP contribution is 2.25. The molecule has 0 fully saturated rings. The summed E-state index contributed by atoms with van der Waals surface area (Å²) in [6, 6.07) is 9.59. The van der Waals surface area contributed by atoms with Crippen LogP contribution in [0, 0.1) is 20.8 Å². The Morgan fingerprint density at radius 3 is 2.58 bits per heavy atom. The number of nitrogens with zero attached hydrogens (tertiary/aromatic N) is 2. The van der Waals surface area contributed by atoms with E-state index in [1.807, 2.05) is 45.9 Å². The van der Waals surface area contributed by atoms with Crippen LogP contribution in [0.3, 0.4) is 0 Å². The molecule has 2 aromatic heterocycles. The van der Waals surface area contributed by atoms with E-state index in [4.69, 9.17) is 0 Å². The molecule has 0 spiro atoms. The molecule has 2 N–H and O–H groups in total. The van der Waals surface area contributed by atoms with Gasteiger partial charge in [-0.15, -0.1) is 0 Å². The zero-order valence-electron chi connectivity index (χ0n) is 15.4. The molecule has 0 radical (unpaired) electrons. The molecule has 0 bridgehead atoms. The lowest BCUT2D eigenvalue weighted by molar-refractivity contribution is 0.857. The molecule has 1 aromatic carbocycles. The van der Waals surface area contributed by atoms with E-state index in [2.05, 4.69) is 21.4 Å². The summed E-state index contributed by atoms with van der Waals surface area (Å²) in [5, 5.41) is 3.31. The Kier molecular flexibility index (Phi) is 4.75. The van der Waals surface area contributed by atoms with Crippen molar-refractivity contribution < 1.29 is 0 Å². The number of nitrogens with one attached hydrogen (secondary N) is 2. The average Bonchev–Trinajstić information content (AvgIpc) is 2.58. The molecule has 134 valence electrons. The number of aryl methyl sites for hydroxylation is 3. The van der Waals surface area contributed by atoms with E-state index in [9.17, 15) is 9.59 Å². The Hall–Kier alpha value is -3.15. The number of anilines is 2. The maximum Gasteiger partial charge on any atom is 0.334 e. The van der Waals surface area contributed by atoms with Crippen molar-refractivity contribution in [1.29, 1.82) is 0 Å². The van der Waals surface area contributed by atoms with Crippen molar-refractivity contribution in [2.45, 2.75) is 34.1 Å². The van der Waals surface area contributed by atoms with Crippen LogP contribution in [0.25, 0.3) is 5.69 Å². The van der Waals surface area contributed by atoms with Crippen molar-refractivity contribution in [3.63, 3.8) is 0 Å². The summed E-state index contributed by atoms with van der Waals surface area (Å²) in [4.78, 5) is 31.7. The molecule has 0 saturated heterocycles. The van der Waals surface area contributed by atoms with Crippen molar-refractivity contribution >= 4 is 11.5 Å². The molecule has 3 aromatic rings. The van der Waals surface area contributed by atoms with Gasteiger partial charge in [-0.3, -0.25) is 14.8 Å². The van der Waals surface area contributed by atoms with Crippen LogP contribution < -0.4 is 16.6 Å². The molecule has 3 rings (SSSR count). The minimum Gasteiger partial charge on any atom is -0.341 e. The predicted molar refractivity (Wildman–Crippen MR) is 104 cm³/mol. The summed E-state index contributed by atoms with van der Waals surface area (Å²) in [6.45, 7) is 7.74. The summed E-state index contributed by atoms with van der Waals surface area (Å²) in [6.07, 6.45) is 2.16. The third-order valence-corrected chi connectivity index (χ3v) is 4.42. The van der Waals surface area contributed by atoms with Crippen LogP contribution in [0.15, 0.2) is 46.1 Å². The summed E-state index contributed by atoms with van der Waals surface area (Å²) in [7, 11) is 0. The lowest BCUT2D eigenvalue weighted by atomic mass is 10.1. The maximum atomic E-state index is 12.7. The first kappa shape index (κ1) is 17.7. The zero-order chi connectivity index (χ0) is 18.8. The average molecular weight is 350 g/mol. The Bertz CT molecular complexity index is 1080. The molecule has 0 unspecified atom stereocenters. The highest BCUT2D eigenvalue weighted by molar-refractivity contribution is 5.65. The van der Waals surface area contributed by atoms with Gasteiger partial charge in [0.2, 0.25) is 0 Å². The summed E-state index contributed by atoms with van der Waals surface area (Å²) < 4.78 is 1.49. The lowest BCUT2D eigenvalue weighted by Gasteiger charge is -2.19. The number of hydrogen-bond donors (Lipinski definition) is 2. The van der Waals surface area contributed by atoms with Crippen LogP contribution in [0.2, 0.25) is 0 Å². The van der Waals surface area contributed by atoms with Crippen molar-refractivity contribution in [3.05, 3.63) is 79.8 Å². The van der Waals surface area contributed by atoms with Crippen LogP contribution in [0.4, 0.5) is 11.5 Å². The molecule has 0 atom stereocenters. The van der Waals surface area contributed by atoms with Gasteiger partial charge in [-0.2, -0.15) is 0 Å². The molecule has 0 saturated carbocycles. The lowest BCUT2D eigenvalue weighted by Crippen LogP contribution is -2.33. The number of H-pyrrole nitrogens is 1. The van der Waals surface area contributed by atoms with Crippen LogP contribution in [-0.2, 0) is 6.42 Å². The summed E-state index contributed by atoms with van der Waals surface area (Å²) in [5.74, 6) is 0.476. The van der Waals surface area contributed by atoms with Gasteiger partial charge in [-0.25, -0.2) is 9.36 Å². The van der Waals surface area contributed by atoms with Gasteiger partial charge in [-0.05, 0) is 51.0 Å². The molecular weight excluding hydrogens is 328 g/mol. The highest BCUT2D eigenvalue weighted by atomic mass is 16.2. The van der Waals surface area contributed by atoms with Crippen molar-refractivity contribution in [2.24, 2.45) is 0 Å². The maximum absolute atomic E-state index is 12.7. The van der Waals surface area contributed by atoms with E-state index in [1.165, 1.54) is 4.57 Å². The molecule has 26 heavy (non-hydrogen) atoms. The van der Waals surface area contributed by atoms with Gasteiger partial charge < -0.3 is 5.32 Å². The number of hydrogen-bond acceptors (Lipinski definition) is 4. The first-order valence-electron chi connectivity index (χ1n) is 8.56. The van der Waals surface area contributed by atoms with E-state index in [0.717, 1.165) is 16.8 Å². The minimum atomic E-state index is -0.490. The fraction of sp³-hybridized carbons (Fsp3) is 0.250. The fourth-order valence-electron chi connectivity index (χ4n) is 3.06. The molecule has 0 aliphatic carbocycles. The molecule has 2 heterocycles. The van der Waals surface area contributed by atoms with Crippen LogP contribution in [0.1, 0.15) is 29.3 Å². The SMILES string of the molecule is CCc1c(Nc2ccc(C)cc2C)n(-c2cccnc2C)c(=O)[nH]c1=O. The van der Waals surface area contributed by atoms with Crippen molar-refractivity contribution in [2.75, 3.05) is 5.32 Å². The van der Waals surface area contributed by atoms with Gasteiger partial charge in [0.15, 0.2) is 0 Å². The Balaban J connectivity index is 2.30. The van der Waals surface area contributed by atoms with E-state index < -0.39 is 5.69 Å². The first-order valence-corrected chi connectivity index (χ1v) is 8.56. The van der Waals surface area contributed by atoms with Gasteiger partial charge in [-0.1, -0.05) is 24.6 Å². The Morgan fingerprint density at radius 2 is 1.92 bits per heavy atom. The van der Waals surface area contributed by atoms with Gasteiger partial charge in [0.05, 0.1) is 16.9 Å². The fourth-order valence-corrected chi connectivity index (χ4v) is 3.06. The highest BCUT2D eigenvalue weighted by Gasteiger charge is 2.17. The second-order valence-electron chi connectivity index (χ2n) is 6.33. The number of rotatable bonds is 4. The molecule has 0 aliphatic heterocycles. The number of pyridine rings is 1. The van der Waals surface area contributed by atoms with Crippen LogP contribution >= 0.6 is 0 Å².